The lowest BCUT2D eigenvalue weighted by molar-refractivity contribution is -0.140. The largest absolute Gasteiger partial charge is 0.481 e. The fourth-order valence-corrected chi connectivity index (χ4v) is 3.17. The fraction of sp³-hybridized carbons (Fsp3) is 0.800. The van der Waals surface area contributed by atoms with Crippen LogP contribution in [0.1, 0.15) is 25.7 Å². The Bertz CT molecular complexity index is 471. The van der Waals surface area contributed by atoms with Crippen LogP contribution in [0, 0.1) is 5.92 Å². The molecular weight excluding hydrogens is 260 g/mol. The molecule has 1 aliphatic carbocycles. The monoisotopic (exact) mass is 276 g/mol. The number of carboxylic acids is 1. The van der Waals surface area contributed by atoms with Gasteiger partial charge in [0.2, 0.25) is 15.9 Å². The van der Waals surface area contributed by atoms with Gasteiger partial charge in [-0.2, -0.15) is 0 Å². The molecule has 18 heavy (non-hydrogen) atoms. The summed E-state index contributed by atoms with van der Waals surface area (Å²) in [5.74, 6) is -1.10. The van der Waals surface area contributed by atoms with Crippen molar-refractivity contribution in [3.63, 3.8) is 0 Å². The summed E-state index contributed by atoms with van der Waals surface area (Å²) in [7, 11) is -3.75. The first-order chi connectivity index (χ1) is 8.29. The number of rotatable bonds is 5. The summed E-state index contributed by atoms with van der Waals surface area (Å²) >= 11 is 0. The van der Waals surface area contributed by atoms with Crippen LogP contribution in [0.5, 0.6) is 0 Å². The lowest BCUT2D eigenvalue weighted by Crippen LogP contribution is -2.41. The number of likely N-dealkylation sites (tertiary alicyclic amines) is 1. The molecule has 1 saturated heterocycles. The van der Waals surface area contributed by atoms with E-state index in [9.17, 15) is 18.0 Å². The minimum Gasteiger partial charge on any atom is -0.481 e. The number of carbonyl (C=O) groups is 2. The van der Waals surface area contributed by atoms with Gasteiger partial charge in [0.05, 0.1) is 6.42 Å². The molecule has 0 aromatic carbocycles. The van der Waals surface area contributed by atoms with Crippen LogP contribution in [-0.2, 0) is 19.6 Å². The zero-order valence-corrected chi connectivity index (χ0v) is 10.6. The third-order valence-corrected chi connectivity index (χ3v) is 4.78. The van der Waals surface area contributed by atoms with E-state index in [1.807, 2.05) is 0 Å². The third-order valence-electron chi connectivity index (χ3n) is 3.54. The summed E-state index contributed by atoms with van der Waals surface area (Å²) < 4.78 is 22.5. The van der Waals surface area contributed by atoms with Gasteiger partial charge in [-0.1, -0.05) is 0 Å². The molecule has 2 aliphatic rings. The average Bonchev–Trinajstić information content (AvgIpc) is 2.97. The van der Waals surface area contributed by atoms with Gasteiger partial charge in [-0.3, -0.25) is 9.59 Å². The summed E-state index contributed by atoms with van der Waals surface area (Å²) in [4.78, 5) is 24.0. The van der Waals surface area contributed by atoms with E-state index in [0.717, 1.165) is 12.8 Å². The van der Waals surface area contributed by atoms with E-state index in [-0.39, 0.29) is 37.3 Å². The Balaban J connectivity index is 2.12. The van der Waals surface area contributed by atoms with Crippen molar-refractivity contribution in [3.05, 3.63) is 0 Å². The standard InChI is InChI=1S/C10H16N2O5S/c11-18(16,17)7-3-9(13)12(5-7)8(4-10(14)15)6-1-2-6/h6-8H,1-5H2,(H,14,15)(H2,11,16,17). The predicted molar refractivity (Wildman–Crippen MR) is 62.0 cm³/mol. The molecule has 1 amide bonds. The SMILES string of the molecule is NS(=O)(=O)C1CC(=O)N(C(CC(=O)O)C2CC2)C1. The van der Waals surface area contributed by atoms with Gasteiger partial charge in [-0.05, 0) is 18.8 Å². The number of primary sulfonamides is 1. The normalized spacial score (nSPS) is 26.4. The zero-order chi connectivity index (χ0) is 13.5. The number of carbonyl (C=O) groups excluding carboxylic acids is 1. The molecule has 0 spiro atoms. The van der Waals surface area contributed by atoms with Gasteiger partial charge in [0.15, 0.2) is 0 Å². The first kappa shape index (κ1) is 13.3. The highest BCUT2D eigenvalue weighted by Crippen LogP contribution is 2.38. The minimum absolute atomic E-state index is 0.0200. The number of hydrogen-bond acceptors (Lipinski definition) is 4. The van der Waals surface area contributed by atoms with Crippen molar-refractivity contribution in [2.45, 2.75) is 37.0 Å². The van der Waals surface area contributed by atoms with E-state index < -0.39 is 21.2 Å². The van der Waals surface area contributed by atoms with Crippen molar-refractivity contribution >= 4 is 21.9 Å². The molecule has 3 N–H and O–H groups in total. The molecule has 0 bridgehead atoms. The molecule has 1 saturated carbocycles. The van der Waals surface area contributed by atoms with Gasteiger partial charge in [0.1, 0.15) is 5.25 Å². The Kier molecular flexibility index (Phi) is 3.33. The van der Waals surface area contributed by atoms with Crippen molar-refractivity contribution in [3.8, 4) is 0 Å². The van der Waals surface area contributed by atoms with Crippen LogP contribution in [0.25, 0.3) is 0 Å². The van der Waals surface area contributed by atoms with Gasteiger partial charge >= 0.3 is 5.97 Å². The van der Waals surface area contributed by atoms with Crippen LogP contribution in [0.15, 0.2) is 0 Å². The second kappa shape index (κ2) is 4.51. The van der Waals surface area contributed by atoms with E-state index >= 15 is 0 Å². The fourth-order valence-electron chi connectivity index (χ4n) is 2.43. The summed E-state index contributed by atoms with van der Waals surface area (Å²) in [6, 6.07) is -0.387. The maximum absolute atomic E-state index is 11.8. The summed E-state index contributed by atoms with van der Waals surface area (Å²) in [5.41, 5.74) is 0. The van der Waals surface area contributed by atoms with Crippen LogP contribution in [0.3, 0.4) is 0 Å². The maximum Gasteiger partial charge on any atom is 0.305 e. The topological polar surface area (TPSA) is 118 Å². The maximum atomic E-state index is 11.8. The molecule has 1 aliphatic heterocycles. The van der Waals surface area contributed by atoms with E-state index in [4.69, 9.17) is 10.2 Å². The van der Waals surface area contributed by atoms with Crippen molar-refractivity contribution in [1.29, 1.82) is 0 Å². The van der Waals surface area contributed by atoms with Crippen LogP contribution in [0.4, 0.5) is 0 Å². The van der Waals surface area contributed by atoms with Gasteiger partial charge in [0, 0.05) is 19.0 Å². The minimum atomic E-state index is -3.75. The second-order valence-electron chi connectivity index (χ2n) is 4.96. The summed E-state index contributed by atoms with van der Waals surface area (Å²) in [6.07, 6.45) is 1.51. The summed E-state index contributed by atoms with van der Waals surface area (Å²) in [6.45, 7) is 0.0200. The molecule has 0 aromatic rings. The van der Waals surface area contributed by atoms with Crippen molar-refractivity contribution in [2.24, 2.45) is 11.1 Å². The van der Waals surface area contributed by atoms with E-state index in [1.54, 1.807) is 0 Å². The molecule has 0 radical (unpaired) electrons. The number of nitrogens with zero attached hydrogens (tertiary/aromatic N) is 1. The third kappa shape index (κ3) is 2.81. The lowest BCUT2D eigenvalue weighted by atomic mass is 10.1. The lowest BCUT2D eigenvalue weighted by Gasteiger charge is -2.26. The van der Waals surface area contributed by atoms with Gasteiger partial charge < -0.3 is 10.0 Å². The first-order valence-corrected chi connectivity index (χ1v) is 7.43. The highest BCUT2D eigenvalue weighted by atomic mass is 32.2. The van der Waals surface area contributed by atoms with Crippen molar-refractivity contribution in [2.75, 3.05) is 6.54 Å². The zero-order valence-electron chi connectivity index (χ0n) is 9.78. The summed E-state index contributed by atoms with van der Waals surface area (Å²) in [5, 5.41) is 13.0. The number of carboxylic acid groups (broad SMARTS) is 1. The molecule has 2 fully saturated rings. The van der Waals surface area contributed by atoms with E-state index in [0.29, 0.717) is 0 Å². The molecule has 2 rings (SSSR count). The predicted octanol–water partition coefficient (Wildman–Crippen LogP) is -0.871. The highest BCUT2D eigenvalue weighted by molar-refractivity contribution is 7.89. The molecule has 1 heterocycles. The molecule has 2 unspecified atom stereocenters. The number of aliphatic carboxylic acids is 1. The van der Waals surface area contributed by atoms with Gasteiger partial charge in [0.25, 0.3) is 0 Å². The quantitative estimate of drug-likeness (QED) is 0.676. The number of sulfonamides is 1. The van der Waals surface area contributed by atoms with Crippen LogP contribution >= 0.6 is 0 Å². The van der Waals surface area contributed by atoms with Crippen molar-refractivity contribution in [1.82, 2.24) is 4.90 Å². The molecular formula is C10H16N2O5S. The van der Waals surface area contributed by atoms with E-state index in [1.165, 1.54) is 4.90 Å². The van der Waals surface area contributed by atoms with Crippen LogP contribution in [-0.4, -0.2) is 48.1 Å². The number of hydrogen-bond donors (Lipinski definition) is 2. The van der Waals surface area contributed by atoms with Crippen molar-refractivity contribution < 1.29 is 23.1 Å². The van der Waals surface area contributed by atoms with Crippen LogP contribution < -0.4 is 5.14 Å². The van der Waals surface area contributed by atoms with Gasteiger partial charge in [-0.25, -0.2) is 13.6 Å². The van der Waals surface area contributed by atoms with E-state index in [2.05, 4.69) is 0 Å². The average molecular weight is 276 g/mol. The molecule has 0 aromatic heterocycles. The molecule has 7 nitrogen and oxygen atoms in total. The number of nitrogens with two attached hydrogens (primary N) is 1. The Morgan fingerprint density at radius 1 is 1.50 bits per heavy atom. The van der Waals surface area contributed by atoms with Gasteiger partial charge in [-0.15, -0.1) is 0 Å². The first-order valence-electron chi connectivity index (χ1n) is 5.82. The molecule has 2 atom stereocenters. The Hall–Kier alpha value is -1.15. The second-order valence-corrected chi connectivity index (χ2v) is 6.81. The molecule has 8 heteroatoms. The highest BCUT2D eigenvalue weighted by Gasteiger charge is 2.45. The van der Waals surface area contributed by atoms with Crippen LogP contribution in [0.2, 0.25) is 0 Å². The molecule has 102 valence electrons. The Morgan fingerprint density at radius 3 is 2.50 bits per heavy atom. The Morgan fingerprint density at radius 2 is 2.11 bits per heavy atom. The smallest absolute Gasteiger partial charge is 0.305 e. The number of amides is 1. The Labute approximate surface area is 105 Å².